The Hall–Kier alpha value is -2.45. The van der Waals surface area contributed by atoms with Crippen molar-refractivity contribution < 1.29 is 17.6 Å². The van der Waals surface area contributed by atoms with Crippen LogP contribution in [0.3, 0.4) is 0 Å². The van der Waals surface area contributed by atoms with Gasteiger partial charge in [-0.15, -0.1) is 0 Å². The van der Waals surface area contributed by atoms with Crippen LogP contribution >= 0.6 is 0 Å². The molecule has 0 saturated heterocycles. The molecule has 1 amide bonds. The van der Waals surface area contributed by atoms with Crippen molar-refractivity contribution in [3.8, 4) is 0 Å². The number of carbonyl (C=O) groups excluding carboxylic acids is 1. The lowest BCUT2D eigenvalue weighted by molar-refractivity contribution is -0.115. The molecule has 0 radical (unpaired) electrons. The molecule has 0 bridgehead atoms. The van der Waals surface area contributed by atoms with E-state index in [1.807, 2.05) is 18.7 Å². The maximum atomic E-state index is 13.2. The normalized spacial score (nSPS) is 13.6. The van der Waals surface area contributed by atoms with Gasteiger partial charge in [0.2, 0.25) is 15.9 Å². The fourth-order valence-corrected chi connectivity index (χ4v) is 4.93. The third kappa shape index (κ3) is 4.18. The Kier molecular flexibility index (Phi) is 6.00. The number of amides is 1. The highest BCUT2D eigenvalue weighted by Gasteiger charge is 2.26. The zero-order valence-corrected chi connectivity index (χ0v) is 16.8. The molecule has 150 valence electrons. The van der Waals surface area contributed by atoms with E-state index in [9.17, 15) is 17.6 Å². The van der Waals surface area contributed by atoms with E-state index in [0.717, 1.165) is 11.3 Å². The summed E-state index contributed by atoms with van der Waals surface area (Å²) in [4.78, 5) is 14.5. The van der Waals surface area contributed by atoms with Gasteiger partial charge < -0.3 is 10.2 Å². The van der Waals surface area contributed by atoms with E-state index in [4.69, 9.17) is 0 Å². The Bertz CT molecular complexity index is 974. The molecule has 0 fully saturated rings. The second-order valence-electron chi connectivity index (χ2n) is 6.61. The third-order valence-electron chi connectivity index (χ3n) is 4.83. The summed E-state index contributed by atoms with van der Waals surface area (Å²) in [5.41, 5.74) is 2.17. The molecule has 1 aliphatic heterocycles. The SMILES string of the molecule is CCN(CC)S(=O)(=O)c1ccc2c(c1)CCN2CC(=O)Nc1cccc(F)c1. The first-order valence-electron chi connectivity index (χ1n) is 9.28. The maximum absolute atomic E-state index is 13.2. The van der Waals surface area contributed by atoms with Crippen LogP contribution < -0.4 is 10.2 Å². The molecule has 3 rings (SSSR count). The minimum atomic E-state index is -3.51. The first kappa shape index (κ1) is 20.3. The summed E-state index contributed by atoms with van der Waals surface area (Å²) in [7, 11) is -3.51. The van der Waals surface area contributed by atoms with E-state index >= 15 is 0 Å². The number of anilines is 2. The second kappa shape index (κ2) is 8.28. The van der Waals surface area contributed by atoms with Crippen LogP contribution in [0.2, 0.25) is 0 Å². The van der Waals surface area contributed by atoms with Crippen LogP contribution in [0.25, 0.3) is 0 Å². The van der Waals surface area contributed by atoms with Crippen LogP contribution in [0, 0.1) is 5.82 Å². The van der Waals surface area contributed by atoms with Gasteiger partial charge in [-0.2, -0.15) is 4.31 Å². The first-order valence-corrected chi connectivity index (χ1v) is 10.7. The zero-order valence-electron chi connectivity index (χ0n) is 16.0. The lowest BCUT2D eigenvalue weighted by Gasteiger charge is -2.21. The molecule has 1 heterocycles. The standard InChI is InChI=1S/C20H24FN3O3S/c1-3-24(4-2)28(26,27)18-8-9-19-15(12-18)10-11-23(19)14-20(25)22-17-7-5-6-16(21)13-17/h5-9,12-13H,3-4,10-11,14H2,1-2H3,(H,22,25). The lowest BCUT2D eigenvalue weighted by atomic mass is 10.2. The van der Waals surface area contributed by atoms with E-state index in [-0.39, 0.29) is 17.3 Å². The average Bonchev–Trinajstić information content (AvgIpc) is 3.04. The van der Waals surface area contributed by atoms with Gasteiger partial charge in [-0.25, -0.2) is 12.8 Å². The summed E-state index contributed by atoms with van der Waals surface area (Å²) in [6.07, 6.45) is 0.671. The summed E-state index contributed by atoms with van der Waals surface area (Å²) in [5, 5.41) is 2.68. The van der Waals surface area contributed by atoms with Gasteiger partial charge in [-0.05, 0) is 48.4 Å². The van der Waals surface area contributed by atoms with E-state index in [1.165, 1.54) is 22.5 Å². The number of nitrogens with one attached hydrogen (secondary N) is 1. The average molecular weight is 405 g/mol. The van der Waals surface area contributed by atoms with Gasteiger partial charge in [0, 0.05) is 31.0 Å². The van der Waals surface area contributed by atoms with Crippen LogP contribution in [0.5, 0.6) is 0 Å². The number of carbonyl (C=O) groups is 1. The van der Waals surface area contributed by atoms with Crippen LogP contribution in [0.15, 0.2) is 47.4 Å². The highest BCUT2D eigenvalue weighted by atomic mass is 32.2. The summed E-state index contributed by atoms with van der Waals surface area (Å²) in [5.74, 6) is -0.662. The number of nitrogens with zero attached hydrogens (tertiary/aromatic N) is 2. The molecular formula is C20H24FN3O3S. The quantitative estimate of drug-likeness (QED) is 0.769. The molecule has 6 nitrogen and oxygen atoms in total. The van der Waals surface area contributed by atoms with Gasteiger partial charge in [0.25, 0.3) is 0 Å². The molecule has 0 saturated carbocycles. The fourth-order valence-electron chi connectivity index (χ4n) is 3.42. The topological polar surface area (TPSA) is 69.7 Å². The van der Waals surface area contributed by atoms with Crippen LogP contribution in [0.4, 0.5) is 15.8 Å². The van der Waals surface area contributed by atoms with Crippen molar-refractivity contribution in [3.63, 3.8) is 0 Å². The van der Waals surface area contributed by atoms with E-state index in [2.05, 4.69) is 5.32 Å². The van der Waals surface area contributed by atoms with Crippen molar-refractivity contribution in [1.82, 2.24) is 4.31 Å². The second-order valence-corrected chi connectivity index (χ2v) is 8.55. The van der Waals surface area contributed by atoms with Crippen molar-refractivity contribution in [3.05, 3.63) is 53.8 Å². The molecule has 0 spiro atoms. The Balaban J connectivity index is 1.73. The smallest absolute Gasteiger partial charge is 0.243 e. The molecule has 0 aromatic heterocycles. The number of benzene rings is 2. The lowest BCUT2D eigenvalue weighted by Crippen LogP contribution is -2.32. The Labute approximate surface area is 165 Å². The molecule has 1 N–H and O–H groups in total. The van der Waals surface area contributed by atoms with Gasteiger partial charge in [0.1, 0.15) is 5.82 Å². The van der Waals surface area contributed by atoms with Gasteiger partial charge in [-0.3, -0.25) is 4.79 Å². The molecule has 0 atom stereocenters. The fraction of sp³-hybridized carbons (Fsp3) is 0.350. The Morgan fingerprint density at radius 3 is 2.61 bits per heavy atom. The number of sulfonamides is 1. The summed E-state index contributed by atoms with van der Waals surface area (Å²) in [6.45, 7) is 5.21. The maximum Gasteiger partial charge on any atom is 0.243 e. The minimum absolute atomic E-state index is 0.117. The van der Waals surface area contributed by atoms with E-state index < -0.39 is 15.8 Å². The molecule has 28 heavy (non-hydrogen) atoms. The molecule has 1 aliphatic rings. The summed E-state index contributed by atoms with van der Waals surface area (Å²) < 4.78 is 40.1. The highest BCUT2D eigenvalue weighted by Crippen LogP contribution is 2.31. The van der Waals surface area contributed by atoms with Crippen molar-refractivity contribution in [2.24, 2.45) is 0 Å². The van der Waals surface area contributed by atoms with Crippen LogP contribution in [-0.4, -0.2) is 44.8 Å². The molecule has 2 aromatic carbocycles. The Morgan fingerprint density at radius 1 is 1.18 bits per heavy atom. The zero-order chi connectivity index (χ0) is 20.3. The molecule has 0 unspecified atom stereocenters. The Morgan fingerprint density at radius 2 is 1.93 bits per heavy atom. The van der Waals surface area contributed by atoms with Crippen molar-refractivity contribution >= 4 is 27.3 Å². The van der Waals surface area contributed by atoms with Crippen molar-refractivity contribution in [2.75, 3.05) is 36.4 Å². The molecular weight excluding hydrogens is 381 g/mol. The molecule has 8 heteroatoms. The van der Waals surface area contributed by atoms with E-state index in [0.29, 0.717) is 31.7 Å². The third-order valence-corrected chi connectivity index (χ3v) is 6.87. The van der Waals surface area contributed by atoms with Gasteiger partial charge in [0.15, 0.2) is 0 Å². The van der Waals surface area contributed by atoms with Crippen molar-refractivity contribution in [1.29, 1.82) is 0 Å². The predicted octanol–water partition coefficient (Wildman–Crippen LogP) is 2.86. The van der Waals surface area contributed by atoms with Crippen LogP contribution in [0.1, 0.15) is 19.4 Å². The molecule has 0 aliphatic carbocycles. The van der Waals surface area contributed by atoms with Crippen LogP contribution in [-0.2, 0) is 21.2 Å². The predicted molar refractivity (Wildman–Crippen MR) is 107 cm³/mol. The number of hydrogen-bond acceptors (Lipinski definition) is 4. The summed E-state index contributed by atoms with van der Waals surface area (Å²) in [6, 6.07) is 10.8. The van der Waals surface area contributed by atoms with Crippen molar-refractivity contribution in [2.45, 2.75) is 25.2 Å². The van der Waals surface area contributed by atoms with Gasteiger partial charge >= 0.3 is 0 Å². The largest absolute Gasteiger partial charge is 0.362 e. The molecule has 2 aromatic rings. The van der Waals surface area contributed by atoms with E-state index in [1.54, 1.807) is 24.3 Å². The monoisotopic (exact) mass is 405 g/mol. The van der Waals surface area contributed by atoms with Gasteiger partial charge in [0.05, 0.1) is 11.4 Å². The number of halogens is 1. The first-order chi connectivity index (χ1) is 13.3. The number of rotatable bonds is 7. The minimum Gasteiger partial charge on any atom is -0.362 e. The van der Waals surface area contributed by atoms with Gasteiger partial charge in [-0.1, -0.05) is 19.9 Å². The number of fused-ring (bicyclic) bond motifs is 1. The number of hydrogen-bond donors (Lipinski definition) is 1. The highest BCUT2D eigenvalue weighted by molar-refractivity contribution is 7.89. The summed E-state index contributed by atoms with van der Waals surface area (Å²) >= 11 is 0.